The molecule has 5 nitrogen and oxygen atoms in total. The summed E-state index contributed by atoms with van der Waals surface area (Å²) >= 11 is 0. The molecule has 122 valence electrons. The van der Waals surface area contributed by atoms with Gasteiger partial charge in [0, 0.05) is 12.6 Å². The van der Waals surface area contributed by atoms with Crippen LogP contribution in [0.5, 0.6) is 11.5 Å². The molecule has 2 aromatic rings. The SMILES string of the molecule is CCOc1ccccc1OCCCC(=O)Nc1ncccc1C. The molecule has 23 heavy (non-hydrogen) atoms. The number of aromatic nitrogens is 1. The average molecular weight is 314 g/mol. The van der Waals surface area contributed by atoms with Crippen LogP contribution in [0.15, 0.2) is 42.6 Å². The zero-order valence-electron chi connectivity index (χ0n) is 13.5. The van der Waals surface area contributed by atoms with Gasteiger partial charge in [-0.3, -0.25) is 4.79 Å². The lowest BCUT2D eigenvalue weighted by atomic mass is 10.2. The van der Waals surface area contributed by atoms with E-state index in [1.165, 1.54) is 0 Å². The summed E-state index contributed by atoms with van der Waals surface area (Å²) in [5, 5.41) is 2.81. The van der Waals surface area contributed by atoms with Crippen LogP contribution in [0.2, 0.25) is 0 Å². The molecule has 5 heteroatoms. The summed E-state index contributed by atoms with van der Waals surface area (Å²) in [7, 11) is 0. The predicted molar refractivity (Wildman–Crippen MR) is 89.9 cm³/mol. The molecule has 0 bridgehead atoms. The number of ether oxygens (including phenoxy) is 2. The maximum Gasteiger partial charge on any atom is 0.225 e. The van der Waals surface area contributed by atoms with Crippen molar-refractivity contribution in [2.75, 3.05) is 18.5 Å². The maximum absolute atomic E-state index is 11.9. The van der Waals surface area contributed by atoms with Crippen molar-refractivity contribution in [2.24, 2.45) is 0 Å². The van der Waals surface area contributed by atoms with Gasteiger partial charge in [0.2, 0.25) is 5.91 Å². The number of carbonyl (C=O) groups excluding carboxylic acids is 1. The van der Waals surface area contributed by atoms with Gasteiger partial charge in [0.05, 0.1) is 13.2 Å². The van der Waals surface area contributed by atoms with Crippen molar-refractivity contribution in [2.45, 2.75) is 26.7 Å². The fraction of sp³-hybridized carbons (Fsp3) is 0.333. The third kappa shape index (κ3) is 5.29. The molecular weight excluding hydrogens is 292 g/mol. The summed E-state index contributed by atoms with van der Waals surface area (Å²) in [4.78, 5) is 16.1. The molecule has 1 amide bonds. The van der Waals surface area contributed by atoms with Gasteiger partial charge in [0.15, 0.2) is 11.5 Å². The predicted octanol–water partition coefficient (Wildman–Crippen LogP) is 3.59. The Morgan fingerprint density at radius 3 is 2.57 bits per heavy atom. The summed E-state index contributed by atoms with van der Waals surface area (Å²) in [5.41, 5.74) is 0.947. The highest BCUT2D eigenvalue weighted by atomic mass is 16.5. The highest BCUT2D eigenvalue weighted by Gasteiger charge is 2.07. The van der Waals surface area contributed by atoms with E-state index in [9.17, 15) is 4.79 Å². The number of para-hydroxylation sites is 2. The van der Waals surface area contributed by atoms with Crippen molar-refractivity contribution >= 4 is 11.7 Å². The summed E-state index contributed by atoms with van der Waals surface area (Å²) in [6, 6.07) is 11.3. The first kappa shape index (κ1) is 16.8. The Morgan fingerprint density at radius 1 is 1.13 bits per heavy atom. The summed E-state index contributed by atoms with van der Waals surface area (Å²) < 4.78 is 11.2. The highest BCUT2D eigenvalue weighted by molar-refractivity contribution is 5.90. The van der Waals surface area contributed by atoms with E-state index in [2.05, 4.69) is 10.3 Å². The molecule has 1 aromatic heterocycles. The van der Waals surface area contributed by atoms with Crippen LogP contribution < -0.4 is 14.8 Å². The Labute approximate surface area is 136 Å². The number of hydrogen-bond donors (Lipinski definition) is 1. The highest BCUT2D eigenvalue weighted by Crippen LogP contribution is 2.26. The number of amides is 1. The second-order valence-electron chi connectivity index (χ2n) is 5.05. The molecule has 0 aliphatic rings. The molecule has 0 spiro atoms. The van der Waals surface area contributed by atoms with Crippen LogP contribution in [0, 0.1) is 6.92 Å². The first-order valence-electron chi connectivity index (χ1n) is 7.76. The van der Waals surface area contributed by atoms with Crippen LogP contribution in [-0.4, -0.2) is 24.1 Å². The van der Waals surface area contributed by atoms with E-state index in [4.69, 9.17) is 9.47 Å². The van der Waals surface area contributed by atoms with Crippen LogP contribution in [-0.2, 0) is 4.79 Å². The van der Waals surface area contributed by atoms with Crippen molar-refractivity contribution in [1.82, 2.24) is 4.98 Å². The van der Waals surface area contributed by atoms with Gasteiger partial charge in [-0.05, 0) is 44.0 Å². The van der Waals surface area contributed by atoms with E-state index in [0.717, 1.165) is 11.3 Å². The van der Waals surface area contributed by atoms with E-state index >= 15 is 0 Å². The Morgan fingerprint density at radius 2 is 1.87 bits per heavy atom. The standard InChI is InChI=1S/C18H22N2O3/c1-3-22-15-9-4-5-10-16(15)23-13-7-11-17(21)20-18-14(2)8-6-12-19-18/h4-6,8-10,12H,3,7,11,13H2,1-2H3,(H,19,20,21). The summed E-state index contributed by atoms with van der Waals surface area (Å²) in [5.74, 6) is 1.98. The summed E-state index contributed by atoms with van der Waals surface area (Å²) in [6.45, 7) is 4.89. The van der Waals surface area contributed by atoms with Crippen LogP contribution in [0.3, 0.4) is 0 Å². The van der Waals surface area contributed by atoms with Gasteiger partial charge in [0.25, 0.3) is 0 Å². The number of benzene rings is 1. The molecule has 1 heterocycles. The molecule has 0 atom stereocenters. The normalized spacial score (nSPS) is 10.2. The van der Waals surface area contributed by atoms with Crippen molar-refractivity contribution < 1.29 is 14.3 Å². The summed E-state index contributed by atoms with van der Waals surface area (Å²) in [6.07, 6.45) is 2.67. The molecule has 0 aliphatic carbocycles. The van der Waals surface area contributed by atoms with E-state index in [1.807, 2.05) is 50.2 Å². The molecule has 0 saturated carbocycles. The number of carbonyl (C=O) groups is 1. The second-order valence-corrected chi connectivity index (χ2v) is 5.05. The molecule has 2 rings (SSSR count). The van der Waals surface area contributed by atoms with Gasteiger partial charge in [0.1, 0.15) is 5.82 Å². The van der Waals surface area contributed by atoms with Crippen molar-refractivity contribution in [3.8, 4) is 11.5 Å². The molecule has 1 aromatic carbocycles. The largest absolute Gasteiger partial charge is 0.490 e. The van der Waals surface area contributed by atoms with Gasteiger partial charge >= 0.3 is 0 Å². The quantitative estimate of drug-likeness (QED) is 0.757. The lowest BCUT2D eigenvalue weighted by Gasteiger charge is -2.11. The lowest BCUT2D eigenvalue weighted by molar-refractivity contribution is -0.116. The molecular formula is C18H22N2O3. The minimum Gasteiger partial charge on any atom is -0.490 e. The van der Waals surface area contributed by atoms with Crippen LogP contribution in [0.4, 0.5) is 5.82 Å². The first-order valence-corrected chi connectivity index (χ1v) is 7.76. The number of pyridine rings is 1. The fourth-order valence-corrected chi connectivity index (χ4v) is 2.07. The maximum atomic E-state index is 11.9. The van der Waals surface area contributed by atoms with Gasteiger partial charge in [-0.2, -0.15) is 0 Å². The van der Waals surface area contributed by atoms with Gasteiger partial charge in [-0.25, -0.2) is 4.98 Å². The van der Waals surface area contributed by atoms with Crippen LogP contribution in [0.1, 0.15) is 25.3 Å². The van der Waals surface area contributed by atoms with Crippen LogP contribution in [0.25, 0.3) is 0 Å². The number of hydrogen-bond acceptors (Lipinski definition) is 4. The van der Waals surface area contributed by atoms with E-state index in [1.54, 1.807) is 6.20 Å². The molecule has 0 unspecified atom stereocenters. The monoisotopic (exact) mass is 314 g/mol. The van der Waals surface area contributed by atoms with E-state index < -0.39 is 0 Å². The average Bonchev–Trinajstić information content (AvgIpc) is 2.55. The number of aryl methyl sites for hydroxylation is 1. The van der Waals surface area contributed by atoms with Gasteiger partial charge < -0.3 is 14.8 Å². The van der Waals surface area contributed by atoms with Gasteiger partial charge in [-0.15, -0.1) is 0 Å². The number of anilines is 1. The molecule has 0 aliphatic heterocycles. The Hall–Kier alpha value is -2.56. The third-order valence-corrected chi connectivity index (χ3v) is 3.22. The first-order chi connectivity index (χ1) is 11.2. The molecule has 0 fully saturated rings. The Balaban J connectivity index is 1.75. The minimum atomic E-state index is -0.0616. The smallest absolute Gasteiger partial charge is 0.225 e. The Bertz CT molecular complexity index is 644. The fourth-order valence-electron chi connectivity index (χ4n) is 2.07. The van der Waals surface area contributed by atoms with Crippen molar-refractivity contribution in [3.63, 3.8) is 0 Å². The zero-order chi connectivity index (χ0) is 16.5. The topological polar surface area (TPSA) is 60.5 Å². The number of nitrogens with one attached hydrogen (secondary N) is 1. The Kier molecular flexibility index (Phi) is 6.41. The minimum absolute atomic E-state index is 0.0616. The molecule has 0 radical (unpaired) electrons. The van der Waals surface area contributed by atoms with Gasteiger partial charge in [-0.1, -0.05) is 18.2 Å². The number of nitrogens with zero attached hydrogens (tertiary/aromatic N) is 1. The van der Waals surface area contributed by atoms with E-state index in [0.29, 0.717) is 37.6 Å². The van der Waals surface area contributed by atoms with Crippen molar-refractivity contribution in [3.05, 3.63) is 48.2 Å². The number of rotatable bonds is 8. The molecule has 0 saturated heterocycles. The lowest BCUT2D eigenvalue weighted by Crippen LogP contribution is -2.14. The molecule has 1 N–H and O–H groups in total. The van der Waals surface area contributed by atoms with Crippen molar-refractivity contribution in [1.29, 1.82) is 0 Å². The third-order valence-electron chi connectivity index (χ3n) is 3.22. The van der Waals surface area contributed by atoms with E-state index in [-0.39, 0.29) is 5.91 Å². The van der Waals surface area contributed by atoms with Crippen LogP contribution >= 0.6 is 0 Å². The second kappa shape index (κ2) is 8.78. The zero-order valence-corrected chi connectivity index (χ0v) is 13.5.